The normalized spacial score (nSPS) is 15.8. The van der Waals surface area contributed by atoms with Crippen LogP contribution in [0.15, 0.2) is 42.5 Å². The van der Waals surface area contributed by atoms with Crippen LogP contribution < -0.4 is 5.73 Å². The minimum absolute atomic E-state index is 0.0699. The molecule has 27 heavy (non-hydrogen) atoms. The van der Waals surface area contributed by atoms with Crippen LogP contribution in [0.25, 0.3) is 11.1 Å². The number of hydrogen-bond acceptors (Lipinski definition) is 2. The largest absolute Gasteiger partial charge is 0.416 e. The molecule has 0 saturated carbocycles. The first-order chi connectivity index (χ1) is 12.8. The zero-order chi connectivity index (χ0) is 19.6. The summed E-state index contributed by atoms with van der Waals surface area (Å²) in [4.78, 5) is 14.5. The molecule has 0 bridgehead atoms. The van der Waals surface area contributed by atoms with E-state index in [1.54, 1.807) is 4.90 Å². The number of nitrogens with two attached hydrogens (primary N) is 1. The standard InChI is InChI=1S/C20H20F4N2O/c21-16-4-5-17(14-2-1-3-15(10-14)20(22,23)24)18(11-16)19(27)26-8-6-13(12-25)7-9-26/h1-5,10-11,13H,6-9,12,25H2. The first-order valence-corrected chi connectivity index (χ1v) is 8.76. The Kier molecular flexibility index (Phi) is 5.51. The summed E-state index contributed by atoms with van der Waals surface area (Å²) >= 11 is 0. The highest BCUT2D eigenvalue weighted by Crippen LogP contribution is 2.34. The van der Waals surface area contributed by atoms with E-state index in [1.807, 2.05) is 0 Å². The molecule has 0 spiro atoms. The number of hydrogen-bond donors (Lipinski definition) is 1. The van der Waals surface area contributed by atoms with Crippen LogP contribution in [0.4, 0.5) is 17.6 Å². The zero-order valence-corrected chi connectivity index (χ0v) is 14.6. The molecule has 2 aromatic carbocycles. The summed E-state index contributed by atoms with van der Waals surface area (Å²) in [7, 11) is 0. The van der Waals surface area contributed by atoms with Gasteiger partial charge in [-0.15, -0.1) is 0 Å². The van der Waals surface area contributed by atoms with Crippen molar-refractivity contribution >= 4 is 5.91 Å². The Labute approximate surface area is 154 Å². The van der Waals surface area contributed by atoms with E-state index >= 15 is 0 Å². The van der Waals surface area contributed by atoms with Gasteiger partial charge in [0.05, 0.1) is 11.1 Å². The number of alkyl halides is 3. The molecule has 144 valence electrons. The molecule has 1 fully saturated rings. The minimum Gasteiger partial charge on any atom is -0.339 e. The van der Waals surface area contributed by atoms with Gasteiger partial charge in [0.25, 0.3) is 5.91 Å². The number of likely N-dealkylation sites (tertiary alicyclic amines) is 1. The fourth-order valence-electron chi connectivity index (χ4n) is 3.35. The number of amides is 1. The maximum atomic E-state index is 13.8. The molecular formula is C20H20F4N2O. The molecule has 1 saturated heterocycles. The van der Waals surface area contributed by atoms with E-state index in [2.05, 4.69) is 0 Å². The van der Waals surface area contributed by atoms with Gasteiger partial charge in [0.15, 0.2) is 0 Å². The van der Waals surface area contributed by atoms with Gasteiger partial charge in [-0.3, -0.25) is 4.79 Å². The highest BCUT2D eigenvalue weighted by molar-refractivity contribution is 6.01. The number of halogens is 4. The molecule has 1 amide bonds. The van der Waals surface area contributed by atoms with Crippen LogP contribution >= 0.6 is 0 Å². The van der Waals surface area contributed by atoms with Crippen LogP contribution in [0.5, 0.6) is 0 Å². The van der Waals surface area contributed by atoms with Crippen LogP contribution in [0.3, 0.4) is 0 Å². The monoisotopic (exact) mass is 380 g/mol. The van der Waals surface area contributed by atoms with Gasteiger partial charge in [0.2, 0.25) is 0 Å². The maximum Gasteiger partial charge on any atom is 0.416 e. The Morgan fingerprint density at radius 2 is 1.81 bits per heavy atom. The predicted molar refractivity (Wildman–Crippen MR) is 94.5 cm³/mol. The fraction of sp³-hybridized carbons (Fsp3) is 0.350. The van der Waals surface area contributed by atoms with Gasteiger partial charge in [-0.1, -0.05) is 18.2 Å². The number of rotatable bonds is 3. The predicted octanol–water partition coefficient (Wildman–Crippen LogP) is 4.32. The molecular weight excluding hydrogens is 360 g/mol. The second kappa shape index (κ2) is 7.68. The average molecular weight is 380 g/mol. The van der Waals surface area contributed by atoms with Gasteiger partial charge in [-0.05, 0) is 60.7 Å². The smallest absolute Gasteiger partial charge is 0.339 e. The third kappa shape index (κ3) is 4.30. The summed E-state index contributed by atoms with van der Waals surface area (Å²) in [6.45, 7) is 1.55. The van der Waals surface area contributed by atoms with Crippen molar-refractivity contribution in [1.82, 2.24) is 4.90 Å². The third-order valence-corrected chi connectivity index (χ3v) is 4.95. The Balaban J connectivity index is 1.96. The number of nitrogens with zero attached hydrogens (tertiary/aromatic N) is 1. The van der Waals surface area contributed by atoms with E-state index in [1.165, 1.54) is 18.2 Å². The van der Waals surface area contributed by atoms with Crippen LogP contribution in [0, 0.1) is 11.7 Å². The van der Waals surface area contributed by atoms with Crippen molar-refractivity contribution in [1.29, 1.82) is 0 Å². The number of piperidine rings is 1. The Hall–Kier alpha value is -2.41. The molecule has 1 aliphatic rings. The first kappa shape index (κ1) is 19.4. The number of carbonyl (C=O) groups is 1. The summed E-state index contributed by atoms with van der Waals surface area (Å²) in [5, 5.41) is 0. The maximum absolute atomic E-state index is 13.8. The van der Waals surface area contributed by atoms with Crippen molar-refractivity contribution < 1.29 is 22.4 Å². The first-order valence-electron chi connectivity index (χ1n) is 8.76. The Morgan fingerprint density at radius 3 is 2.44 bits per heavy atom. The number of carbonyl (C=O) groups excluding carboxylic acids is 1. The molecule has 3 nitrogen and oxygen atoms in total. The van der Waals surface area contributed by atoms with Crippen molar-refractivity contribution in [3.05, 3.63) is 59.4 Å². The summed E-state index contributed by atoms with van der Waals surface area (Å²) in [6, 6.07) is 8.30. The van der Waals surface area contributed by atoms with E-state index in [0.717, 1.165) is 37.1 Å². The van der Waals surface area contributed by atoms with E-state index in [0.29, 0.717) is 25.6 Å². The molecule has 2 aromatic rings. The lowest BCUT2D eigenvalue weighted by molar-refractivity contribution is -0.137. The minimum atomic E-state index is -4.50. The lowest BCUT2D eigenvalue weighted by Gasteiger charge is -2.32. The van der Waals surface area contributed by atoms with E-state index in [-0.39, 0.29) is 22.6 Å². The topological polar surface area (TPSA) is 46.3 Å². The van der Waals surface area contributed by atoms with Crippen molar-refractivity contribution in [3.63, 3.8) is 0 Å². The van der Waals surface area contributed by atoms with Crippen molar-refractivity contribution in [2.24, 2.45) is 11.7 Å². The van der Waals surface area contributed by atoms with Crippen molar-refractivity contribution in [2.45, 2.75) is 19.0 Å². The van der Waals surface area contributed by atoms with Gasteiger partial charge >= 0.3 is 6.18 Å². The third-order valence-electron chi connectivity index (χ3n) is 4.95. The van der Waals surface area contributed by atoms with Crippen molar-refractivity contribution in [2.75, 3.05) is 19.6 Å². The molecule has 0 atom stereocenters. The average Bonchev–Trinajstić information content (AvgIpc) is 2.67. The SMILES string of the molecule is NCC1CCN(C(=O)c2cc(F)ccc2-c2cccc(C(F)(F)F)c2)CC1. The second-order valence-corrected chi connectivity index (χ2v) is 6.74. The molecule has 7 heteroatoms. The summed E-state index contributed by atoms with van der Waals surface area (Å²) in [6.07, 6.45) is -2.97. The summed E-state index contributed by atoms with van der Waals surface area (Å²) < 4.78 is 52.9. The van der Waals surface area contributed by atoms with E-state index < -0.39 is 17.6 Å². The molecule has 1 heterocycles. The second-order valence-electron chi connectivity index (χ2n) is 6.74. The zero-order valence-electron chi connectivity index (χ0n) is 14.6. The summed E-state index contributed by atoms with van der Waals surface area (Å²) in [5.41, 5.74) is 5.43. The van der Waals surface area contributed by atoms with Crippen LogP contribution in [-0.4, -0.2) is 30.4 Å². The van der Waals surface area contributed by atoms with E-state index in [9.17, 15) is 22.4 Å². The van der Waals surface area contributed by atoms with Gasteiger partial charge in [-0.2, -0.15) is 13.2 Å². The van der Waals surface area contributed by atoms with E-state index in [4.69, 9.17) is 5.73 Å². The highest BCUT2D eigenvalue weighted by atomic mass is 19.4. The lowest BCUT2D eigenvalue weighted by Crippen LogP contribution is -2.40. The molecule has 0 aromatic heterocycles. The summed E-state index contributed by atoms with van der Waals surface area (Å²) in [5.74, 6) is -0.632. The molecule has 2 N–H and O–H groups in total. The highest BCUT2D eigenvalue weighted by Gasteiger charge is 2.31. The van der Waals surface area contributed by atoms with Gasteiger partial charge in [0.1, 0.15) is 5.82 Å². The lowest BCUT2D eigenvalue weighted by atomic mass is 9.94. The Morgan fingerprint density at radius 1 is 1.11 bits per heavy atom. The quantitative estimate of drug-likeness (QED) is 0.806. The van der Waals surface area contributed by atoms with Crippen LogP contribution in [0.2, 0.25) is 0 Å². The fourth-order valence-corrected chi connectivity index (χ4v) is 3.35. The van der Waals surface area contributed by atoms with Crippen LogP contribution in [0.1, 0.15) is 28.8 Å². The number of benzene rings is 2. The molecule has 3 rings (SSSR count). The Bertz CT molecular complexity index is 827. The molecule has 0 radical (unpaired) electrons. The van der Waals surface area contributed by atoms with Crippen molar-refractivity contribution in [3.8, 4) is 11.1 Å². The molecule has 1 aliphatic heterocycles. The molecule has 0 unspecified atom stereocenters. The van der Waals surface area contributed by atoms with Gasteiger partial charge in [0, 0.05) is 13.1 Å². The van der Waals surface area contributed by atoms with Crippen LogP contribution in [-0.2, 0) is 6.18 Å². The molecule has 0 aliphatic carbocycles. The van der Waals surface area contributed by atoms with Gasteiger partial charge < -0.3 is 10.6 Å². The van der Waals surface area contributed by atoms with Gasteiger partial charge in [-0.25, -0.2) is 4.39 Å².